The predicted octanol–water partition coefficient (Wildman–Crippen LogP) is 5.16. The maximum atomic E-state index is 14.2. The normalized spacial score (nSPS) is 16.1. The minimum atomic E-state index is -0.576. The number of ether oxygens (including phenoxy) is 2. The van der Waals surface area contributed by atoms with Crippen molar-refractivity contribution in [1.82, 2.24) is 14.9 Å². The molecule has 0 amide bonds. The van der Waals surface area contributed by atoms with Gasteiger partial charge >= 0.3 is 0 Å². The van der Waals surface area contributed by atoms with Gasteiger partial charge in [0.2, 0.25) is 11.9 Å². The van der Waals surface area contributed by atoms with Gasteiger partial charge in [-0.15, -0.1) is 10.2 Å². The SMILES string of the molecule is Cc1nnc2n1N=C(c1cc(F)c(Cl)cc1Cl)/C(=C/c1ccc3c(c1)OCO3)S2. The fraction of sp³-hybridized carbons (Fsp3) is 0.105. The Kier molecular flexibility index (Phi) is 4.49. The van der Waals surface area contributed by atoms with Crippen LogP contribution in [0.15, 0.2) is 45.5 Å². The molecule has 2 aromatic carbocycles. The van der Waals surface area contributed by atoms with Crippen molar-refractivity contribution >= 4 is 46.8 Å². The molecule has 0 aliphatic carbocycles. The summed E-state index contributed by atoms with van der Waals surface area (Å²) in [7, 11) is 0. The van der Waals surface area contributed by atoms with Crippen LogP contribution in [0, 0.1) is 12.7 Å². The maximum absolute atomic E-state index is 14.2. The van der Waals surface area contributed by atoms with Crippen LogP contribution in [0.5, 0.6) is 11.5 Å². The van der Waals surface area contributed by atoms with Crippen LogP contribution in [-0.2, 0) is 0 Å². The van der Waals surface area contributed by atoms with E-state index in [-0.39, 0.29) is 11.8 Å². The Labute approximate surface area is 178 Å². The zero-order valence-corrected chi connectivity index (χ0v) is 17.1. The molecule has 0 fully saturated rings. The van der Waals surface area contributed by atoms with Crippen LogP contribution in [-0.4, -0.2) is 27.4 Å². The van der Waals surface area contributed by atoms with E-state index in [0.29, 0.717) is 38.8 Å². The Morgan fingerprint density at radius 2 is 1.93 bits per heavy atom. The molecule has 10 heteroatoms. The van der Waals surface area contributed by atoms with Crippen molar-refractivity contribution in [2.24, 2.45) is 5.10 Å². The Morgan fingerprint density at radius 1 is 1.10 bits per heavy atom. The van der Waals surface area contributed by atoms with Gasteiger partial charge in [-0.3, -0.25) is 0 Å². The monoisotopic (exact) mass is 448 g/mol. The van der Waals surface area contributed by atoms with Gasteiger partial charge in [-0.2, -0.15) is 9.78 Å². The van der Waals surface area contributed by atoms with Crippen LogP contribution in [0.1, 0.15) is 17.0 Å². The number of hydrogen-bond donors (Lipinski definition) is 0. The van der Waals surface area contributed by atoms with E-state index >= 15 is 0 Å². The van der Waals surface area contributed by atoms with Crippen LogP contribution in [0.25, 0.3) is 6.08 Å². The predicted molar refractivity (Wildman–Crippen MR) is 110 cm³/mol. The number of halogens is 3. The number of benzene rings is 2. The first-order valence-corrected chi connectivity index (χ1v) is 10.0. The molecule has 0 bridgehead atoms. The first-order valence-electron chi connectivity index (χ1n) is 8.45. The molecule has 3 aromatic rings. The molecule has 5 rings (SSSR count). The third kappa shape index (κ3) is 3.27. The van der Waals surface area contributed by atoms with Gasteiger partial charge in [0.15, 0.2) is 17.3 Å². The second-order valence-corrected chi connectivity index (χ2v) is 8.08. The molecule has 0 N–H and O–H groups in total. The van der Waals surface area contributed by atoms with Gasteiger partial charge in [-0.1, -0.05) is 29.3 Å². The van der Waals surface area contributed by atoms with E-state index in [2.05, 4.69) is 15.3 Å². The lowest BCUT2D eigenvalue weighted by Gasteiger charge is -2.18. The second-order valence-electron chi connectivity index (χ2n) is 6.26. The minimum Gasteiger partial charge on any atom is -0.454 e. The molecule has 2 aliphatic heterocycles. The van der Waals surface area contributed by atoms with Crippen LogP contribution < -0.4 is 9.47 Å². The van der Waals surface area contributed by atoms with Gasteiger partial charge in [0, 0.05) is 10.5 Å². The lowest BCUT2D eigenvalue weighted by molar-refractivity contribution is 0.174. The molecule has 3 heterocycles. The van der Waals surface area contributed by atoms with Crippen molar-refractivity contribution in [3.05, 3.63) is 68.1 Å². The van der Waals surface area contributed by atoms with E-state index in [1.165, 1.54) is 23.9 Å². The summed E-state index contributed by atoms with van der Waals surface area (Å²) in [5.74, 6) is 1.38. The number of hydrogen-bond acceptors (Lipinski definition) is 6. The molecule has 146 valence electrons. The van der Waals surface area contributed by atoms with Gasteiger partial charge in [0.1, 0.15) is 11.5 Å². The highest BCUT2D eigenvalue weighted by atomic mass is 35.5. The fourth-order valence-electron chi connectivity index (χ4n) is 2.96. The van der Waals surface area contributed by atoms with Crippen LogP contribution in [0.3, 0.4) is 0 Å². The van der Waals surface area contributed by atoms with Crippen LogP contribution in [0.2, 0.25) is 10.0 Å². The Morgan fingerprint density at radius 3 is 2.79 bits per heavy atom. The maximum Gasteiger partial charge on any atom is 0.231 e. The van der Waals surface area contributed by atoms with Crippen molar-refractivity contribution in [3.63, 3.8) is 0 Å². The van der Waals surface area contributed by atoms with Gasteiger partial charge in [0.05, 0.1) is 10.0 Å². The van der Waals surface area contributed by atoms with E-state index in [0.717, 1.165) is 10.5 Å². The highest BCUT2D eigenvalue weighted by molar-refractivity contribution is 8.04. The number of fused-ring (bicyclic) bond motifs is 2. The number of nitrogens with zero attached hydrogens (tertiary/aromatic N) is 4. The van der Waals surface area contributed by atoms with Crippen molar-refractivity contribution < 1.29 is 13.9 Å². The average Bonchev–Trinajstić information content (AvgIpc) is 3.30. The third-order valence-corrected chi connectivity index (χ3v) is 5.93. The molecule has 1 aromatic heterocycles. The highest BCUT2D eigenvalue weighted by Crippen LogP contribution is 2.39. The average molecular weight is 449 g/mol. The topological polar surface area (TPSA) is 61.5 Å². The smallest absolute Gasteiger partial charge is 0.231 e. The fourth-order valence-corrected chi connectivity index (χ4v) is 4.41. The summed E-state index contributed by atoms with van der Waals surface area (Å²) in [6, 6.07) is 8.24. The van der Waals surface area contributed by atoms with Crippen molar-refractivity contribution in [2.75, 3.05) is 6.79 Å². The molecule has 0 radical (unpaired) electrons. The Bertz CT molecular complexity index is 1230. The van der Waals surface area contributed by atoms with Gasteiger partial charge in [0.25, 0.3) is 0 Å². The molecule has 2 aliphatic rings. The quantitative estimate of drug-likeness (QED) is 0.506. The summed E-state index contributed by atoms with van der Waals surface area (Å²) in [5, 5.41) is 13.7. The summed E-state index contributed by atoms with van der Waals surface area (Å²) in [6.45, 7) is 1.98. The van der Waals surface area contributed by atoms with E-state index in [1.807, 2.05) is 24.3 Å². The molecule has 6 nitrogen and oxygen atoms in total. The number of aryl methyl sites for hydroxylation is 1. The summed E-state index contributed by atoms with van der Waals surface area (Å²) in [5.41, 5.74) is 1.77. The van der Waals surface area contributed by atoms with Crippen molar-refractivity contribution in [1.29, 1.82) is 0 Å². The summed E-state index contributed by atoms with van der Waals surface area (Å²) >= 11 is 13.6. The van der Waals surface area contributed by atoms with Crippen molar-refractivity contribution in [2.45, 2.75) is 12.1 Å². The molecule has 0 unspecified atom stereocenters. The van der Waals surface area contributed by atoms with Gasteiger partial charge in [-0.25, -0.2) is 4.39 Å². The van der Waals surface area contributed by atoms with E-state index in [1.54, 1.807) is 11.6 Å². The van der Waals surface area contributed by atoms with Gasteiger partial charge < -0.3 is 9.47 Å². The Balaban J connectivity index is 1.67. The molecule has 0 saturated carbocycles. The number of thioether (sulfide) groups is 1. The molecule has 0 saturated heterocycles. The van der Waals surface area contributed by atoms with E-state index in [9.17, 15) is 4.39 Å². The largest absolute Gasteiger partial charge is 0.454 e. The summed E-state index contributed by atoms with van der Waals surface area (Å²) in [4.78, 5) is 0.729. The van der Waals surface area contributed by atoms with E-state index in [4.69, 9.17) is 32.7 Å². The standard InChI is InChI=1S/C19H11Cl2FN4O2S/c1-9-23-24-19-26(9)25-18(11-6-14(22)13(21)7-12(11)20)17(29-19)5-10-2-3-15-16(4-10)28-8-27-15/h2-7H,8H2,1H3/b17-5-. The molecule has 0 spiro atoms. The zero-order valence-electron chi connectivity index (χ0n) is 14.8. The summed E-state index contributed by atoms with van der Waals surface area (Å²) in [6.07, 6.45) is 1.90. The first kappa shape index (κ1) is 18.5. The van der Waals surface area contributed by atoms with Crippen LogP contribution in [0.4, 0.5) is 4.39 Å². The zero-order chi connectivity index (χ0) is 20.1. The van der Waals surface area contributed by atoms with Crippen LogP contribution >= 0.6 is 35.0 Å². The lowest BCUT2D eigenvalue weighted by atomic mass is 10.1. The number of allylic oxidation sites excluding steroid dienone is 1. The minimum absolute atomic E-state index is 0.0507. The number of aromatic nitrogens is 3. The third-order valence-electron chi connectivity index (χ3n) is 4.36. The van der Waals surface area contributed by atoms with E-state index < -0.39 is 5.82 Å². The highest BCUT2D eigenvalue weighted by Gasteiger charge is 2.26. The van der Waals surface area contributed by atoms with Crippen molar-refractivity contribution in [3.8, 4) is 11.5 Å². The second kappa shape index (κ2) is 7.05. The number of rotatable bonds is 2. The first-order chi connectivity index (χ1) is 14.0. The lowest BCUT2D eigenvalue weighted by Crippen LogP contribution is -2.13. The van der Waals surface area contributed by atoms with Gasteiger partial charge in [-0.05, 0) is 54.6 Å². The summed E-state index contributed by atoms with van der Waals surface area (Å²) < 4.78 is 26.6. The molecule has 0 atom stereocenters. The molecule has 29 heavy (non-hydrogen) atoms. The molecular weight excluding hydrogens is 438 g/mol. The molecular formula is C19H11Cl2FN4O2S. The Hall–Kier alpha value is -2.55.